The van der Waals surface area contributed by atoms with Crippen LogP contribution in [0.25, 0.3) is 0 Å². The average molecular weight is 281 g/mol. The summed E-state index contributed by atoms with van der Waals surface area (Å²) >= 11 is 6.01. The number of carbonyl (C=O) groups excluding carboxylic acids is 1. The van der Waals surface area contributed by atoms with E-state index in [1.54, 1.807) is 0 Å². The molecule has 0 N–H and O–H groups in total. The van der Waals surface area contributed by atoms with Gasteiger partial charge in [0.05, 0.1) is 0 Å². The average Bonchev–Trinajstić information content (AvgIpc) is 2.45. The van der Waals surface area contributed by atoms with Crippen molar-refractivity contribution in [1.29, 1.82) is 0 Å². The van der Waals surface area contributed by atoms with E-state index < -0.39 is 0 Å². The number of rotatable bonds is 4. The molecule has 2 rings (SSSR count). The van der Waals surface area contributed by atoms with Gasteiger partial charge in [-0.15, -0.1) is 0 Å². The van der Waals surface area contributed by atoms with Gasteiger partial charge in [-0.25, -0.2) is 0 Å². The van der Waals surface area contributed by atoms with Crippen LogP contribution < -0.4 is 4.90 Å². The molecule has 1 fully saturated rings. The lowest BCUT2D eigenvalue weighted by molar-refractivity contribution is -0.131. The van der Waals surface area contributed by atoms with Crippen molar-refractivity contribution >= 4 is 23.2 Å². The lowest BCUT2D eigenvalue weighted by Gasteiger charge is -2.36. The van der Waals surface area contributed by atoms with Crippen molar-refractivity contribution in [2.45, 2.75) is 26.2 Å². The Morgan fingerprint density at radius 3 is 2.63 bits per heavy atom. The molecule has 0 spiro atoms. The van der Waals surface area contributed by atoms with Gasteiger partial charge >= 0.3 is 0 Å². The smallest absolute Gasteiger partial charge is 0.222 e. The molecule has 0 radical (unpaired) electrons. The number of unbranched alkanes of at least 4 members (excludes halogenated alkanes) is 1. The van der Waals surface area contributed by atoms with Gasteiger partial charge in [-0.2, -0.15) is 0 Å². The number of hydrogen-bond donors (Lipinski definition) is 0. The van der Waals surface area contributed by atoms with Gasteiger partial charge in [0, 0.05) is 43.3 Å². The molecule has 3 nitrogen and oxygen atoms in total. The third-order valence-corrected chi connectivity index (χ3v) is 3.79. The molecule has 4 heteroatoms. The van der Waals surface area contributed by atoms with Crippen molar-refractivity contribution < 1.29 is 4.79 Å². The highest BCUT2D eigenvalue weighted by molar-refractivity contribution is 6.30. The van der Waals surface area contributed by atoms with Gasteiger partial charge in [0.15, 0.2) is 0 Å². The van der Waals surface area contributed by atoms with Crippen molar-refractivity contribution in [2.75, 3.05) is 31.1 Å². The molecule has 104 valence electrons. The van der Waals surface area contributed by atoms with E-state index in [-0.39, 0.29) is 0 Å². The Balaban J connectivity index is 1.87. The summed E-state index contributed by atoms with van der Waals surface area (Å²) in [5.41, 5.74) is 1.15. The van der Waals surface area contributed by atoms with Gasteiger partial charge in [0.1, 0.15) is 0 Å². The Kier molecular flexibility index (Phi) is 5.08. The maximum atomic E-state index is 11.9. The standard InChI is InChI=1S/C15H21ClN2O/c1-2-3-7-15(19)18-10-8-17(9-11-18)14-6-4-5-13(16)12-14/h4-6,12H,2-3,7-11H2,1H3. The molecule has 1 heterocycles. The number of hydrogen-bond acceptors (Lipinski definition) is 2. The Labute approximate surface area is 120 Å². The summed E-state index contributed by atoms with van der Waals surface area (Å²) in [6.07, 6.45) is 2.76. The molecule has 0 bridgehead atoms. The predicted octanol–water partition coefficient (Wildman–Crippen LogP) is 3.18. The molecule has 1 saturated heterocycles. The first-order valence-electron chi connectivity index (χ1n) is 6.99. The molecule has 1 aromatic rings. The van der Waals surface area contributed by atoms with E-state index in [0.29, 0.717) is 12.3 Å². The summed E-state index contributed by atoms with van der Waals surface area (Å²) in [5, 5.41) is 0.763. The Bertz CT molecular complexity index is 428. The maximum Gasteiger partial charge on any atom is 0.222 e. The topological polar surface area (TPSA) is 23.6 Å². The second kappa shape index (κ2) is 6.80. The number of anilines is 1. The van der Waals surface area contributed by atoms with Crippen LogP contribution in [0, 0.1) is 0 Å². The second-order valence-electron chi connectivity index (χ2n) is 4.95. The molecule has 1 amide bonds. The van der Waals surface area contributed by atoms with Gasteiger partial charge in [0.25, 0.3) is 0 Å². The fraction of sp³-hybridized carbons (Fsp3) is 0.533. The van der Waals surface area contributed by atoms with Gasteiger partial charge < -0.3 is 9.80 Å². The van der Waals surface area contributed by atoms with Crippen LogP contribution in [0.1, 0.15) is 26.2 Å². The Hall–Kier alpha value is -1.22. The highest BCUT2D eigenvalue weighted by Crippen LogP contribution is 2.21. The number of nitrogens with zero attached hydrogens (tertiary/aromatic N) is 2. The minimum absolute atomic E-state index is 0.299. The number of halogens is 1. The monoisotopic (exact) mass is 280 g/mol. The number of carbonyl (C=O) groups is 1. The molecule has 1 aromatic carbocycles. The summed E-state index contributed by atoms with van der Waals surface area (Å²) in [6, 6.07) is 7.91. The third-order valence-electron chi connectivity index (χ3n) is 3.55. The normalized spacial score (nSPS) is 15.7. The Morgan fingerprint density at radius 2 is 2.00 bits per heavy atom. The molecular weight excluding hydrogens is 260 g/mol. The van der Waals surface area contributed by atoms with E-state index in [1.807, 2.05) is 23.1 Å². The molecule has 0 unspecified atom stereocenters. The summed E-state index contributed by atoms with van der Waals surface area (Å²) in [7, 11) is 0. The van der Waals surface area contributed by atoms with Crippen molar-refractivity contribution in [2.24, 2.45) is 0 Å². The fourth-order valence-corrected chi connectivity index (χ4v) is 2.56. The third kappa shape index (κ3) is 3.87. The van der Waals surface area contributed by atoms with Gasteiger partial charge in [-0.3, -0.25) is 4.79 Å². The van der Waals surface area contributed by atoms with Crippen LogP contribution in [0.3, 0.4) is 0 Å². The van der Waals surface area contributed by atoms with E-state index in [1.165, 1.54) is 0 Å². The van der Waals surface area contributed by atoms with Crippen molar-refractivity contribution in [3.63, 3.8) is 0 Å². The van der Waals surface area contributed by atoms with Gasteiger partial charge in [-0.05, 0) is 24.6 Å². The van der Waals surface area contributed by atoms with Crippen LogP contribution in [0.2, 0.25) is 5.02 Å². The quantitative estimate of drug-likeness (QED) is 0.846. The maximum absolute atomic E-state index is 11.9. The van der Waals surface area contributed by atoms with E-state index in [2.05, 4.69) is 17.9 Å². The largest absolute Gasteiger partial charge is 0.368 e. The highest BCUT2D eigenvalue weighted by Gasteiger charge is 2.20. The van der Waals surface area contributed by atoms with Gasteiger partial charge in [-0.1, -0.05) is 31.0 Å². The number of benzene rings is 1. The molecule has 0 aromatic heterocycles. The zero-order valence-electron chi connectivity index (χ0n) is 11.4. The molecule has 1 aliphatic heterocycles. The molecule has 0 saturated carbocycles. The lowest BCUT2D eigenvalue weighted by Crippen LogP contribution is -2.48. The van der Waals surface area contributed by atoms with Crippen molar-refractivity contribution in [1.82, 2.24) is 4.90 Å². The van der Waals surface area contributed by atoms with Crippen molar-refractivity contribution in [3.05, 3.63) is 29.3 Å². The van der Waals surface area contributed by atoms with Crippen LogP contribution in [-0.2, 0) is 4.79 Å². The van der Waals surface area contributed by atoms with E-state index in [9.17, 15) is 4.79 Å². The Morgan fingerprint density at radius 1 is 1.26 bits per heavy atom. The van der Waals surface area contributed by atoms with E-state index >= 15 is 0 Å². The first kappa shape index (κ1) is 14.2. The van der Waals surface area contributed by atoms with Crippen LogP contribution in [0.5, 0.6) is 0 Å². The SMILES string of the molecule is CCCCC(=O)N1CCN(c2cccc(Cl)c2)CC1. The predicted molar refractivity (Wildman–Crippen MR) is 79.8 cm³/mol. The van der Waals surface area contributed by atoms with Crippen LogP contribution in [-0.4, -0.2) is 37.0 Å². The molecule has 0 atom stereocenters. The second-order valence-corrected chi connectivity index (χ2v) is 5.39. The fourth-order valence-electron chi connectivity index (χ4n) is 2.37. The van der Waals surface area contributed by atoms with E-state index in [0.717, 1.165) is 49.7 Å². The van der Waals surface area contributed by atoms with Crippen molar-refractivity contribution in [3.8, 4) is 0 Å². The van der Waals surface area contributed by atoms with E-state index in [4.69, 9.17) is 11.6 Å². The minimum atomic E-state index is 0.299. The number of piperazine rings is 1. The van der Waals surface area contributed by atoms with Gasteiger partial charge in [0.2, 0.25) is 5.91 Å². The lowest BCUT2D eigenvalue weighted by atomic mass is 10.2. The summed E-state index contributed by atoms with van der Waals surface area (Å²) < 4.78 is 0. The molecule has 1 aliphatic rings. The summed E-state index contributed by atoms with van der Waals surface area (Å²) in [6.45, 7) is 5.52. The first-order valence-corrected chi connectivity index (χ1v) is 7.37. The first-order chi connectivity index (χ1) is 9.20. The molecule has 19 heavy (non-hydrogen) atoms. The number of amides is 1. The molecule has 0 aliphatic carbocycles. The zero-order valence-corrected chi connectivity index (χ0v) is 12.2. The highest BCUT2D eigenvalue weighted by atomic mass is 35.5. The summed E-state index contributed by atoms with van der Waals surface area (Å²) in [5.74, 6) is 0.299. The zero-order chi connectivity index (χ0) is 13.7. The summed E-state index contributed by atoms with van der Waals surface area (Å²) in [4.78, 5) is 16.2. The molecular formula is C15H21ClN2O. The van der Waals surface area contributed by atoms with Crippen LogP contribution >= 0.6 is 11.6 Å². The minimum Gasteiger partial charge on any atom is -0.368 e. The van der Waals surface area contributed by atoms with Crippen LogP contribution in [0.4, 0.5) is 5.69 Å². The van der Waals surface area contributed by atoms with Crippen LogP contribution in [0.15, 0.2) is 24.3 Å².